The highest BCUT2D eigenvalue weighted by molar-refractivity contribution is 5.89. The predicted octanol–water partition coefficient (Wildman–Crippen LogP) is 3.39. The van der Waals surface area contributed by atoms with Crippen LogP contribution in [-0.4, -0.2) is 22.4 Å². The summed E-state index contributed by atoms with van der Waals surface area (Å²) in [4.78, 5) is 15.1. The first-order valence-electron chi connectivity index (χ1n) is 7.95. The molecular weight excluding hydrogens is 260 g/mol. The fraction of sp³-hybridized carbons (Fsp3) is 0.611. The largest absolute Gasteiger partial charge is 0.318 e. The van der Waals surface area contributed by atoms with E-state index in [9.17, 15) is 4.79 Å². The Labute approximate surface area is 127 Å². The molecule has 3 nitrogen and oxygen atoms in total. The molecule has 3 heteroatoms. The second-order valence-electron chi connectivity index (χ2n) is 7.57. The number of benzene rings is 1. The number of carbonyl (C=O) groups is 1. The average Bonchev–Trinajstić information content (AvgIpc) is 2.96. The average molecular weight is 286 g/mol. The first kappa shape index (κ1) is 14.6. The van der Waals surface area contributed by atoms with E-state index in [1.165, 1.54) is 11.1 Å². The van der Waals surface area contributed by atoms with Gasteiger partial charge in [0.2, 0.25) is 5.91 Å². The van der Waals surface area contributed by atoms with Gasteiger partial charge in [0, 0.05) is 6.04 Å². The molecule has 2 aliphatic rings. The number of amides is 1. The molecule has 1 saturated carbocycles. The molecule has 3 rings (SSSR count). The molecule has 1 aliphatic heterocycles. The highest BCUT2D eigenvalue weighted by Crippen LogP contribution is 2.53. The van der Waals surface area contributed by atoms with Gasteiger partial charge in [0.1, 0.15) is 6.17 Å². The monoisotopic (exact) mass is 286 g/mol. The molecule has 3 unspecified atom stereocenters. The summed E-state index contributed by atoms with van der Waals surface area (Å²) in [6.45, 7) is 10.7. The van der Waals surface area contributed by atoms with Crippen LogP contribution < -0.4 is 5.32 Å². The minimum Gasteiger partial charge on any atom is -0.318 e. The van der Waals surface area contributed by atoms with Crippen LogP contribution in [-0.2, 0) is 4.79 Å². The lowest BCUT2D eigenvalue weighted by Crippen LogP contribution is -2.43. The van der Waals surface area contributed by atoms with Crippen LogP contribution in [0.5, 0.6) is 0 Å². The van der Waals surface area contributed by atoms with Gasteiger partial charge in [0.15, 0.2) is 0 Å². The van der Waals surface area contributed by atoms with Crippen LogP contribution in [0, 0.1) is 12.3 Å². The Balaban J connectivity index is 1.99. The zero-order chi connectivity index (χ0) is 15.4. The van der Waals surface area contributed by atoms with Gasteiger partial charge < -0.3 is 4.90 Å². The molecule has 2 fully saturated rings. The summed E-state index contributed by atoms with van der Waals surface area (Å²) < 4.78 is 0. The van der Waals surface area contributed by atoms with E-state index in [-0.39, 0.29) is 17.5 Å². The maximum Gasteiger partial charge on any atom is 0.244 e. The standard InChI is InChI=1S/C18H26N2O/c1-6-18(5)16(21)20(14-11-17(14,3)4)15(19-18)13-9-7-8-12(2)10-13/h7-10,14-15,19H,6,11H2,1-5H3. The highest BCUT2D eigenvalue weighted by atomic mass is 16.2. The Morgan fingerprint density at radius 2 is 2.00 bits per heavy atom. The van der Waals surface area contributed by atoms with Crippen molar-refractivity contribution >= 4 is 5.91 Å². The first-order chi connectivity index (χ1) is 9.78. The van der Waals surface area contributed by atoms with Crippen LogP contribution in [0.2, 0.25) is 0 Å². The van der Waals surface area contributed by atoms with E-state index >= 15 is 0 Å². The van der Waals surface area contributed by atoms with Gasteiger partial charge in [-0.1, -0.05) is 50.6 Å². The van der Waals surface area contributed by atoms with Gasteiger partial charge in [-0.3, -0.25) is 10.1 Å². The molecule has 114 valence electrons. The van der Waals surface area contributed by atoms with E-state index in [0.29, 0.717) is 6.04 Å². The van der Waals surface area contributed by atoms with Crippen LogP contribution in [0.1, 0.15) is 57.8 Å². The van der Waals surface area contributed by atoms with Gasteiger partial charge in [-0.2, -0.15) is 0 Å². The Morgan fingerprint density at radius 3 is 2.52 bits per heavy atom. The number of carbonyl (C=O) groups excluding carboxylic acids is 1. The molecule has 1 heterocycles. The lowest BCUT2D eigenvalue weighted by molar-refractivity contribution is -0.134. The lowest BCUT2D eigenvalue weighted by Gasteiger charge is -2.26. The summed E-state index contributed by atoms with van der Waals surface area (Å²) in [5.41, 5.74) is 2.25. The molecule has 1 saturated heterocycles. The molecule has 1 aromatic carbocycles. The Bertz CT molecular complexity index is 580. The topological polar surface area (TPSA) is 32.3 Å². The number of rotatable bonds is 3. The van der Waals surface area contributed by atoms with Crippen molar-refractivity contribution < 1.29 is 4.79 Å². The second kappa shape index (κ2) is 4.57. The van der Waals surface area contributed by atoms with E-state index in [1.807, 2.05) is 6.92 Å². The van der Waals surface area contributed by atoms with Gasteiger partial charge in [-0.15, -0.1) is 0 Å². The normalized spacial score (nSPS) is 34.3. The van der Waals surface area contributed by atoms with Crippen LogP contribution in [0.4, 0.5) is 0 Å². The molecule has 3 atom stereocenters. The zero-order valence-electron chi connectivity index (χ0n) is 13.7. The molecule has 0 bridgehead atoms. The second-order valence-corrected chi connectivity index (χ2v) is 7.57. The first-order valence-corrected chi connectivity index (χ1v) is 7.95. The molecule has 0 radical (unpaired) electrons. The van der Waals surface area contributed by atoms with Crippen molar-refractivity contribution in [1.29, 1.82) is 0 Å². The number of aryl methyl sites for hydroxylation is 1. The van der Waals surface area contributed by atoms with E-state index in [2.05, 4.69) is 62.2 Å². The van der Waals surface area contributed by atoms with Gasteiger partial charge in [-0.25, -0.2) is 0 Å². The number of nitrogens with zero attached hydrogens (tertiary/aromatic N) is 1. The molecule has 1 amide bonds. The molecule has 0 aromatic heterocycles. The van der Waals surface area contributed by atoms with E-state index < -0.39 is 5.54 Å². The van der Waals surface area contributed by atoms with Crippen molar-refractivity contribution in [2.24, 2.45) is 5.41 Å². The van der Waals surface area contributed by atoms with Crippen molar-refractivity contribution in [2.45, 2.75) is 65.2 Å². The number of hydrogen-bond acceptors (Lipinski definition) is 2. The summed E-state index contributed by atoms with van der Waals surface area (Å²) >= 11 is 0. The van der Waals surface area contributed by atoms with Gasteiger partial charge in [0.05, 0.1) is 5.54 Å². The van der Waals surface area contributed by atoms with Crippen LogP contribution >= 0.6 is 0 Å². The molecule has 21 heavy (non-hydrogen) atoms. The predicted molar refractivity (Wildman–Crippen MR) is 84.8 cm³/mol. The van der Waals surface area contributed by atoms with Gasteiger partial charge in [0.25, 0.3) is 0 Å². The van der Waals surface area contributed by atoms with Crippen LogP contribution in [0.15, 0.2) is 24.3 Å². The number of nitrogens with one attached hydrogen (secondary N) is 1. The van der Waals surface area contributed by atoms with Gasteiger partial charge in [-0.05, 0) is 37.7 Å². The quantitative estimate of drug-likeness (QED) is 0.923. The van der Waals surface area contributed by atoms with E-state index in [0.717, 1.165) is 12.8 Å². The number of hydrogen-bond donors (Lipinski definition) is 1. The molecular formula is C18H26N2O. The van der Waals surface area contributed by atoms with Crippen LogP contribution in [0.25, 0.3) is 0 Å². The Morgan fingerprint density at radius 1 is 1.33 bits per heavy atom. The van der Waals surface area contributed by atoms with Crippen molar-refractivity contribution in [3.05, 3.63) is 35.4 Å². The van der Waals surface area contributed by atoms with E-state index in [4.69, 9.17) is 0 Å². The zero-order valence-corrected chi connectivity index (χ0v) is 13.7. The lowest BCUT2D eigenvalue weighted by atomic mass is 9.99. The molecule has 1 aliphatic carbocycles. The third-order valence-corrected chi connectivity index (χ3v) is 5.30. The summed E-state index contributed by atoms with van der Waals surface area (Å²) in [6, 6.07) is 8.85. The smallest absolute Gasteiger partial charge is 0.244 e. The Kier molecular flexibility index (Phi) is 3.17. The minimum atomic E-state index is -0.437. The van der Waals surface area contributed by atoms with Crippen molar-refractivity contribution in [3.8, 4) is 0 Å². The van der Waals surface area contributed by atoms with E-state index in [1.54, 1.807) is 0 Å². The summed E-state index contributed by atoms with van der Waals surface area (Å²) in [5, 5.41) is 3.60. The fourth-order valence-corrected chi connectivity index (χ4v) is 3.41. The molecule has 0 spiro atoms. The molecule has 1 aromatic rings. The van der Waals surface area contributed by atoms with Crippen LogP contribution in [0.3, 0.4) is 0 Å². The Hall–Kier alpha value is -1.35. The summed E-state index contributed by atoms with van der Waals surface area (Å²) in [6.07, 6.45) is 1.93. The maximum atomic E-state index is 13.0. The third-order valence-electron chi connectivity index (χ3n) is 5.30. The van der Waals surface area contributed by atoms with Crippen molar-refractivity contribution in [3.63, 3.8) is 0 Å². The maximum absolute atomic E-state index is 13.0. The third kappa shape index (κ3) is 2.28. The summed E-state index contributed by atoms with van der Waals surface area (Å²) in [5.74, 6) is 0.257. The van der Waals surface area contributed by atoms with Crippen molar-refractivity contribution in [2.75, 3.05) is 0 Å². The summed E-state index contributed by atoms with van der Waals surface area (Å²) in [7, 11) is 0. The SMILES string of the molecule is CCC1(C)NC(c2cccc(C)c2)N(C2CC2(C)C)C1=O. The fourth-order valence-electron chi connectivity index (χ4n) is 3.41. The highest BCUT2D eigenvalue weighted by Gasteiger charge is 2.59. The minimum absolute atomic E-state index is 0.00845. The molecule has 1 N–H and O–H groups in total. The van der Waals surface area contributed by atoms with Gasteiger partial charge >= 0.3 is 0 Å². The van der Waals surface area contributed by atoms with Crippen molar-refractivity contribution in [1.82, 2.24) is 10.2 Å².